The molecule has 1 heterocycles. The largest absolute Gasteiger partial charge is 0.393 e. The Bertz CT molecular complexity index is 415. The van der Waals surface area contributed by atoms with Gasteiger partial charge in [0.1, 0.15) is 4.88 Å². The molecular formula is C12H19N3O2S. The van der Waals surface area contributed by atoms with Crippen LogP contribution in [0, 0.1) is 5.92 Å². The Morgan fingerprint density at radius 3 is 2.89 bits per heavy atom. The van der Waals surface area contributed by atoms with E-state index in [1.54, 1.807) is 4.90 Å². The SMILES string of the molecule is CCCc1nnsc1C(=O)N(C)CC1CC(O)C1. The van der Waals surface area contributed by atoms with Crippen molar-refractivity contribution in [3.05, 3.63) is 10.6 Å². The maximum atomic E-state index is 12.3. The third-order valence-corrected chi connectivity index (χ3v) is 4.08. The third kappa shape index (κ3) is 2.87. The third-order valence-electron chi connectivity index (χ3n) is 3.33. The number of aromatic nitrogens is 2. The lowest BCUT2D eigenvalue weighted by atomic mass is 9.82. The van der Waals surface area contributed by atoms with Gasteiger partial charge in [-0.05, 0) is 36.7 Å². The topological polar surface area (TPSA) is 66.3 Å². The van der Waals surface area contributed by atoms with E-state index in [9.17, 15) is 9.90 Å². The average molecular weight is 269 g/mol. The van der Waals surface area contributed by atoms with Crippen LogP contribution in [-0.4, -0.2) is 45.2 Å². The lowest BCUT2D eigenvalue weighted by Crippen LogP contribution is -2.39. The van der Waals surface area contributed by atoms with E-state index in [0.717, 1.165) is 31.4 Å². The highest BCUT2D eigenvalue weighted by atomic mass is 32.1. The molecule has 2 rings (SSSR count). The first-order valence-electron chi connectivity index (χ1n) is 6.36. The molecule has 1 aliphatic carbocycles. The molecule has 1 aromatic heterocycles. The molecule has 1 aromatic rings. The van der Waals surface area contributed by atoms with Crippen molar-refractivity contribution < 1.29 is 9.90 Å². The second kappa shape index (κ2) is 5.75. The predicted octanol–water partition coefficient (Wildman–Crippen LogP) is 1.33. The van der Waals surface area contributed by atoms with Crippen LogP contribution in [0.3, 0.4) is 0 Å². The first-order valence-corrected chi connectivity index (χ1v) is 7.13. The summed E-state index contributed by atoms with van der Waals surface area (Å²) in [7, 11) is 1.81. The molecular weight excluding hydrogens is 250 g/mol. The van der Waals surface area contributed by atoms with E-state index in [-0.39, 0.29) is 12.0 Å². The van der Waals surface area contributed by atoms with Gasteiger partial charge >= 0.3 is 0 Å². The van der Waals surface area contributed by atoms with E-state index >= 15 is 0 Å². The Morgan fingerprint density at radius 1 is 1.56 bits per heavy atom. The number of carbonyl (C=O) groups excluding carboxylic acids is 1. The molecule has 0 aromatic carbocycles. The molecule has 1 fully saturated rings. The maximum absolute atomic E-state index is 12.3. The van der Waals surface area contributed by atoms with E-state index in [1.165, 1.54) is 11.5 Å². The first-order chi connectivity index (χ1) is 8.61. The molecule has 1 saturated carbocycles. The van der Waals surface area contributed by atoms with Gasteiger partial charge < -0.3 is 10.0 Å². The zero-order chi connectivity index (χ0) is 13.1. The second-order valence-electron chi connectivity index (χ2n) is 4.98. The number of amides is 1. The summed E-state index contributed by atoms with van der Waals surface area (Å²) in [5.41, 5.74) is 0.813. The minimum absolute atomic E-state index is 0.00911. The highest BCUT2D eigenvalue weighted by molar-refractivity contribution is 7.07. The summed E-state index contributed by atoms with van der Waals surface area (Å²) in [4.78, 5) is 14.6. The Balaban J connectivity index is 1.94. The summed E-state index contributed by atoms with van der Waals surface area (Å²) in [6.45, 7) is 2.77. The van der Waals surface area contributed by atoms with Crippen molar-refractivity contribution in [2.24, 2.45) is 5.92 Å². The van der Waals surface area contributed by atoms with E-state index in [4.69, 9.17) is 0 Å². The Morgan fingerprint density at radius 2 is 2.28 bits per heavy atom. The first kappa shape index (κ1) is 13.4. The molecule has 0 atom stereocenters. The van der Waals surface area contributed by atoms with Gasteiger partial charge in [-0.15, -0.1) is 5.10 Å². The Kier molecular flexibility index (Phi) is 4.29. The molecule has 0 bridgehead atoms. The summed E-state index contributed by atoms with van der Waals surface area (Å²) in [6, 6.07) is 0. The van der Waals surface area contributed by atoms with Gasteiger partial charge in [-0.3, -0.25) is 4.79 Å². The molecule has 18 heavy (non-hydrogen) atoms. The Labute approximate surface area is 111 Å². The van der Waals surface area contributed by atoms with Crippen molar-refractivity contribution in [3.63, 3.8) is 0 Å². The van der Waals surface area contributed by atoms with Crippen molar-refractivity contribution in [1.29, 1.82) is 0 Å². The summed E-state index contributed by atoms with van der Waals surface area (Å²) < 4.78 is 3.87. The normalized spacial score (nSPS) is 22.6. The van der Waals surface area contributed by atoms with Crippen molar-refractivity contribution in [2.45, 2.75) is 38.7 Å². The predicted molar refractivity (Wildman–Crippen MR) is 69.6 cm³/mol. The van der Waals surface area contributed by atoms with Crippen LogP contribution in [0.1, 0.15) is 41.6 Å². The van der Waals surface area contributed by atoms with Gasteiger partial charge in [0, 0.05) is 13.6 Å². The van der Waals surface area contributed by atoms with Crippen molar-refractivity contribution in [3.8, 4) is 0 Å². The molecule has 1 N–H and O–H groups in total. The molecule has 0 saturated heterocycles. The van der Waals surface area contributed by atoms with Gasteiger partial charge in [0.15, 0.2) is 0 Å². The van der Waals surface area contributed by atoms with Crippen molar-refractivity contribution in [1.82, 2.24) is 14.5 Å². The monoisotopic (exact) mass is 269 g/mol. The van der Waals surface area contributed by atoms with Crippen molar-refractivity contribution in [2.75, 3.05) is 13.6 Å². The van der Waals surface area contributed by atoms with Gasteiger partial charge in [-0.1, -0.05) is 17.8 Å². The number of aryl methyl sites for hydroxylation is 1. The number of nitrogens with zero attached hydrogens (tertiary/aromatic N) is 3. The van der Waals surface area contributed by atoms with Crippen LogP contribution in [-0.2, 0) is 6.42 Å². The molecule has 1 amide bonds. The quantitative estimate of drug-likeness (QED) is 0.876. The molecule has 0 unspecified atom stereocenters. The van der Waals surface area contributed by atoms with E-state index < -0.39 is 0 Å². The minimum atomic E-state index is -0.167. The molecule has 100 valence electrons. The fraction of sp³-hybridized carbons (Fsp3) is 0.750. The van der Waals surface area contributed by atoms with Gasteiger partial charge in [0.2, 0.25) is 0 Å². The summed E-state index contributed by atoms with van der Waals surface area (Å²) in [6.07, 6.45) is 3.21. The number of hydrogen-bond acceptors (Lipinski definition) is 5. The lowest BCUT2D eigenvalue weighted by molar-refractivity contribution is 0.0266. The molecule has 0 radical (unpaired) electrons. The van der Waals surface area contributed by atoms with E-state index in [0.29, 0.717) is 17.3 Å². The van der Waals surface area contributed by atoms with Crippen LogP contribution in [0.2, 0.25) is 0 Å². The van der Waals surface area contributed by atoms with E-state index in [2.05, 4.69) is 16.5 Å². The summed E-state index contributed by atoms with van der Waals surface area (Å²) in [5.74, 6) is 0.444. The number of rotatable bonds is 5. The van der Waals surface area contributed by atoms with Gasteiger partial charge in [0.05, 0.1) is 11.8 Å². The fourth-order valence-electron chi connectivity index (χ4n) is 2.26. The number of carbonyl (C=O) groups is 1. The maximum Gasteiger partial charge on any atom is 0.267 e. The number of aliphatic hydroxyl groups excluding tert-OH is 1. The van der Waals surface area contributed by atoms with Crippen LogP contribution in [0.15, 0.2) is 0 Å². The minimum Gasteiger partial charge on any atom is -0.393 e. The second-order valence-corrected chi connectivity index (χ2v) is 5.73. The smallest absolute Gasteiger partial charge is 0.267 e. The van der Waals surface area contributed by atoms with Gasteiger partial charge in [-0.25, -0.2) is 0 Å². The van der Waals surface area contributed by atoms with Crippen LogP contribution in [0.25, 0.3) is 0 Å². The highest BCUT2D eigenvalue weighted by Gasteiger charge is 2.30. The molecule has 0 aliphatic heterocycles. The standard InChI is InChI=1S/C12H19N3O2S/c1-3-4-10-11(18-14-13-10)12(17)15(2)7-8-5-9(16)6-8/h8-9,16H,3-7H2,1-2H3. The van der Waals surface area contributed by atoms with Crippen molar-refractivity contribution >= 4 is 17.4 Å². The van der Waals surface area contributed by atoms with E-state index in [1.807, 2.05) is 7.05 Å². The lowest BCUT2D eigenvalue weighted by Gasteiger charge is -2.34. The summed E-state index contributed by atoms with van der Waals surface area (Å²) in [5, 5.41) is 13.3. The van der Waals surface area contributed by atoms with Gasteiger partial charge in [0.25, 0.3) is 5.91 Å². The molecule has 0 spiro atoms. The Hall–Kier alpha value is -1.01. The molecule has 5 nitrogen and oxygen atoms in total. The molecule has 6 heteroatoms. The van der Waals surface area contributed by atoms with Crippen LogP contribution in [0.4, 0.5) is 0 Å². The van der Waals surface area contributed by atoms with Crippen LogP contribution >= 0.6 is 11.5 Å². The number of aliphatic hydroxyl groups is 1. The zero-order valence-electron chi connectivity index (χ0n) is 10.8. The zero-order valence-corrected chi connectivity index (χ0v) is 11.6. The van der Waals surface area contributed by atoms with Gasteiger partial charge in [-0.2, -0.15) is 0 Å². The summed E-state index contributed by atoms with van der Waals surface area (Å²) >= 11 is 1.18. The average Bonchev–Trinajstić information content (AvgIpc) is 2.74. The molecule has 1 aliphatic rings. The van der Waals surface area contributed by atoms with Crippen LogP contribution < -0.4 is 0 Å². The fourth-order valence-corrected chi connectivity index (χ4v) is 2.97. The number of hydrogen-bond donors (Lipinski definition) is 1. The van der Waals surface area contributed by atoms with Crippen LogP contribution in [0.5, 0.6) is 0 Å². The highest BCUT2D eigenvalue weighted by Crippen LogP contribution is 2.28.